The fraction of sp³-hybridized carbons (Fsp3) is 0.774. The highest BCUT2D eigenvalue weighted by molar-refractivity contribution is 6.16. The molecule has 7 nitrogen and oxygen atoms in total. The molecule has 0 amide bonds. The van der Waals surface area contributed by atoms with Crippen LogP contribution >= 0.6 is 0 Å². The molecule has 7 heteroatoms. The van der Waals surface area contributed by atoms with Crippen molar-refractivity contribution in [1.29, 1.82) is 0 Å². The molecule has 0 aromatic heterocycles. The van der Waals surface area contributed by atoms with Crippen molar-refractivity contribution in [2.45, 2.75) is 99.5 Å². The second kappa shape index (κ2) is 9.21. The van der Waals surface area contributed by atoms with E-state index in [9.17, 15) is 29.1 Å². The highest BCUT2D eigenvalue weighted by atomic mass is 16.5. The molecule has 8 atom stereocenters. The van der Waals surface area contributed by atoms with Crippen LogP contribution in [-0.2, 0) is 28.7 Å². The monoisotopic (exact) mass is 528 g/mol. The maximum atomic E-state index is 14.1. The van der Waals surface area contributed by atoms with Gasteiger partial charge in [-0.3, -0.25) is 24.0 Å². The molecule has 0 bridgehead atoms. The molecule has 0 radical (unpaired) electrons. The lowest BCUT2D eigenvalue weighted by Gasteiger charge is -2.60. The van der Waals surface area contributed by atoms with Gasteiger partial charge in [0.1, 0.15) is 11.6 Å². The van der Waals surface area contributed by atoms with Gasteiger partial charge in [-0.2, -0.15) is 0 Å². The summed E-state index contributed by atoms with van der Waals surface area (Å²) in [5, 5.41) is 10.8. The summed E-state index contributed by atoms with van der Waals surface area (Å²) in [6, 6.07) is 0. The highest BCUT2D eigenvalue weighted by Crippen LogP contribution is 2.70. The highest BCUT2D eigenvalue weighted by Gasteiger charge is 2.70. The summed E-state index contributed by atoms with van der Waals surface area (Å²) in [6.45, 7) is 13.4. The maximum absolute atomic E-state index is 14.1. The van der Waals surface area contributed by atoms with Crippen LogP contribution in [0.4, 0.5) is 0 Å². The molecule has 38 heavy (non-hydrogen) atoms. The standard InChI is InChI=1S/C31H44O7/c1-16(11-18(32)12-17(2)27(37)38-8)19-13-24(36)31(7)26-20(33)14-22-28(3,4)23(35)9-10-29(22,5)25(26)21(34)15-30(19,31)6/h16-17,19,22-23,35H,9-15H2,1-8H3/t16-,17?,19-,22+,23+,29+,30-,31+/m1/s1. The van der Waals surface area contributed by atoms with Crippen LogP contribution in [0.2, 0.25) is 0 Å². The average Bonchev–Trinajstić information content (AvgIpc) is 3.03. The molecule has 1 N–H and O–H groups in total. The number of fused-ring (bicyclic) bond motifs is 4. The second-order valence-electron chi connectivity index (χ2n) is 13.9. The molecular formula is C31H44O7. The molecule has 4 aliphatic rings. The van der Waals surface area contributed by atoms with Crippen molar-refractivity contribution in [1.82, 2.24) is 0 Å². The van der Waals surface area contributed by atoms with E-state index in [0.29, 0.717) is 24.0 Å². The zero-order valence-corrected chi connectivity index (χ0v) is 24.2. The number of methoxy groups -OCH3 is 1. The fourth-order valence-corrected chi connectivity index (χ4v) is 9.04. The van der Waals surface area contributed by atoms with Gasteiger partial charge in [-0.05, 0) is 48.3 Å². The molecule has 4 aliphatic carbocycles. The minimum atomic E-state index is -1.09. The quantitative estimate of drug-likeness (QED) is 0.507. The smallest absolute Gasteiger partial charge is 0.308 e. The Balaban J connectivity index is 1.72. The van der Waals surface area contributed by atoms with Crippen molar-refractivity contribution in [2.75, 3.05) is 7.11 Å². The fourth-order valence-electron chi connectivity index (χ4n) is 9.04. The predicted molar refractivity (Wildman–Crippen MR) is 141 cm³/mol. The number of esters is 1. The van der Waals surface area contributed by atoms with E-state index in [-0.39, 0.29) is 73.0 Å². The van der Waals surface area contributed by atoms with E-state index < -0.39 is 39.7 Å². The Kier molecular flexibility index (Phi) is 6.99. The molecule has 0 aromatic carbocycles. The summed E-state index contributed by atoms with van der Waals surface area (Å²) in [7, 11) is 1.30. The largest absolute Gasteiger partial charge is 0.469 e. The molecule has 0 aliphatic heterocycles. The Morgan fingerprint density at radius 2 is 1.61 bits per heavy atom. The van der Waals surface area contributed by atoms with E-state index in [1.165, 1.54) is 7.11 Å². The number of carbonyl (C=O) groups excluding carboxylic acids is 5. The molecule has 210 valence electrons. The summed E-state index contributed by atoms with van der Waals surface area (Å²) < 4.78 is 4.74. The molecule has 2 fully saturated rings. The number of hydrogen-bond donors (Lipinski definition) is 1. The Bertz CT molecular complexity index is 1130. The first-order valence-electron chi connectivity index (χ1n) is 14.1. The number of allylic oxidation sites excluding steroid dienone is 2. The molecule has 2 saturated carbocycles. The van der Waals surface area contributed by atoms with Gasteiger partial charge >= 0.3 is 5.97 Å². The third-order valence-corrected chi connectivity index (χ3v) is 11.6. The van der Waals surface area contributed by atoms with Gasteiger partial charge in [0.15, 0.2) is 11.6 Å². The predicted octanol–water partition coefficient (Wildman–Crippen LogP) is 4.43. The van der Waals surface area contributed by atoms with Crippen LogP contribution in [0.5, 0.6) is 0 Å². The number of Topliss-reactive ketones (excluding diaryl/α,β-unsaturated/α-hetero) is 4. The SMILES string of the molecule is COC(=O)C(C)CC(=O)C[C@@H](C)[C@H]1CC(=O)[C@@]2(C)C3=C(C(=O)C[C@]12C)[C@@]1(C)CC[C@H](O)C(C)(C)[C@@H]1CC3=O. The van der Waals surface area contributed by atoms with Gasteiger partial charge in [0.05, 0.1) is 24.5 Å². The van der Waals surface area contributed by atoms with E-state index in [1.54, 1.807) is 6.92 Å². The van der Waals surface area contributed by atoms with Crippen molar-refractivity contribution in [3.8, 4) is 0 Å². The van der Waals surface area contributed by atoms with Gasteiger partial charge in [0.2, 0.25) is 0 Å². The van der Waals surface area contributed by atoms with Crippen LogP contribution < -0.4 is 0 Å². The van der Waals surface area contributed by atoms with Gasteiger partial charge in [-0.25, -0.2) is 0 Å². The van der Waals surface area contributed by atoms with Crippen LogP contribution in [0.3, 0.4) is 0 Å². The van der Waals surface area contributed by atoms with Crippen molar-refractivity contribution in [3.05, 3.63) is 11.1 Å². The number of hydrogen-bond acceptors (Lipinski definition) is 7. The number of aliphatic hydroxyl groups excluding tert-OH is 1. The maximum Gasteiger partial charge on any atom is 0.308 e. The molecule has 0 aromatic rings. The van der Waals surface area contributed by atoms with Gasteiger partial charge in [0, 0.05) is 48.7 Å². The Morgan fingerprint density at radius 1 is 0.974 bits per heavy atom. The van der Waals surface area contributed by atoms with Crippen LogP contribution in [0, 0.1) is 45.3 Å². The Morgan fingerprint density at radius 3 is 2.21 bits per heavy atom. The molecule has 1 unspecified atom stereocenters. The third kappa shape index (κ3) is 3.82. The van der Waals surface area contributed by atoms with Crippen LogP contribution in [-0.4, -0.2) is 47.4 Å². The third-order valence-electron chi connectivity index (χ3n) is 11.6. The van der Waals surface area contributed by atoms with Gasteiger partial charge < -0.3 is 9.84 Å². The second-order valence-corrected chi connectivity index (χ2v) is 13.9. The Labute approximate surface area is 226 Å². The lowest BCUT2D eigenvalue weighted by molar-refractivity contribution is -0.147. The van der Waals surface area contributed by atoms with Crippen molar-refractivity contribution in [3.63, 3.8) is 0 Å². The van der Waals surface area contributed by atoms with Gasteiger partial charge in [-0.15, -0.1) is 0 Å². The van der Waals surface area contributed by atoms with E-state index in [0.717, 1.165) is 0 Å². The van der Waals surface area contributed by atoms with Gasteiger partial charge in [-0.1, -0.05) is 41.5 Å². The summed E-state index contributed by atoms with van der Waals surface area (Å²) in [4.78, 5) is 66.5. The molecule has 0 saturated heterocycles. The van der Waals surface area contributed by atoms with Crippen LogP contribution in [0.25, 0.3) is 0 Å². The van der Waals surface area contributed by atoms with Crippen molar-refractivity contribution < 1.29 is 33.8 Å². The topological polar surface area (TPSA) is 115 Å². The van der Waals surface area contributed by atoms with Gasteiger partial charge in [0.25, 0.3) is 0 Å². The minimum absolute atomic E-state index is 0.0299. The molecule has 0 spiro atoms. The zero-order valence-electron chi connectivity index (χ0n) is 24.2. The summed E-state index contributed by atoms with van der Waals surface area (Å²) in [5.41, 5.74) is -2.03. The normalized spacial score (nSPS) is 39.7. The number of aliphatic hydroxyl groups is 1. The zero-order chi connectivity index (χ0) is 28.6. The first kappa shape index (κ1) is 28.8. The van der Waals surface area contributed by atoms with Crippen molar-refractivity contribution >= 4 is 29.1 Å². The number of ketones is 4. The summed E-state index contributed by atoms with van der Waals surface area (Å²) in [5.74, 6) is -1.89. The Hall–Kier alpha value is -2.15. The molecule has 0 heterocycles. The lowest BCUT2D eigenvalue weighted by atomic mass is 9.42. The summed E-state index contributed by atoms with van der Waals surface area (Å²) >= 11 is 0. The number of ether oxygens (including phenoxy) is 1. The molecule has 4 rings (SSSR count). The van der Waals surface area contributed by atoms with E-state index in [4.69, 9.17) is 4.74 Å². The van der Waals surface area contributed by atoms with Crippen LogP contribution in [0.1, 0.15) is 93.4 Å². The van der Waals surface area contributed by atoms with E-state index in [2.05, 4.69) is 6.92 Å². The average molecular weight is 529 g/mol. The minimum Gasteiger partial charge on any atom is -0.469 e. The first-order chi connectivity index (χ1) is 17.5. The van der Waals surface area contributed by atoms with E-state index in [1.807, 2.05) is 34.6 Å². The lowest BCUT2D eigenvalue weighted by Crippen LogP contribution is -2.59. The number of carbonyl (C=O) groups is 5. The van der Waals surface area contributed by atoms with E-state index >= 15 is 0 Å². The number of rotatable bonds is 6. The van der Waals surface area contributed by atoms with Crippen molar-refractivity contribution in [2.24, 2.45) is 45.3 Å². The summed E-state index contributed by atoms with van der Waals surface area (Å²) in [6.07, 6.45) is 1.47. The molecular weight excluding hydrogens is 484 g/mol. The first-order valence-corrected chi connectivity index (χ1v) is 14.1. The van der Waals surface area contributed by atoms with Crippen LogP contribution in [0.15, 0.2) is 11.1 Å².